The highest BCUT2D eigenvalue weighted by Gasteiger charge is 2.09. The number of esters is 1. The molecule has 0 atom stereocenters. The van der Waals surface area contributed by atoms with E-state index in [2.05, 4.69) is 20.4 Å². The molecule has 7 nitrogen and oxygen atoms in total. The van der Waals surface area contributed by atoms with Crippen molar-refractivity contribution in [2.75, 3.05) is 17.7 Å². The van der Waals surface area contributed by atoms with E-state index >= 15 is 0 Å². The van der Waals surface area contributed by atoms with E-state index in [0.717, 1.165) is 6.08 Å². The van der Waals surface area contributed by atoms with Crippen LogP contribution in [0.1, 0.15) is 17.3 Å². The monoisotopic (exact) mass is 373 g/mol. The van der Waals surface area contributed by atoms with Crippen molar-refractivity contribution in [3.05, 3.63) is 64.8 Å². The fourth-order valence-electron chi connectivity index (χ4n) is 1.93. The molecule has 2 aromatic rings. The lowest BCUT2D eigenvalue weighted by Crippen LogP contribution is -2.16. The molecule has 0 aliphatic heterocycles. The third kappa shape index (κ3) is 5.42. The fraction of sp³-hybridized carbons (Fsp3) is 0.111. The van der Waals surface area contributed by atoms with Gasteiger partial charge in [0.15, 0.2) is 0 Å². The Kier molecular flexibility index (Phi) is 6.46. The SMILES string of the molecule is COC(=O)c1ccc(NC(=O)/C(C)=C/C(=O)Nc2cc(Cl)ccn2)cc1. The standard InChI is InChI=1S/C18H16ClN3O4/c1-11(9-16(23)22-15-10-13(19)7-8-20-15)17(24)21-14-5-3-12(4-6-14)18(25)26-2/h3-10H,1-2H3,(H,21,24)(H,20,22,23)/b11-9+. The van der Waals surface area contributed by atoms with Crippen molar-refractivity contribution >= 4 is 40.9 Å². The number of halogens is 1. The lowest BCUT2D eigenvalue weighted by atomic mass is 10.2. The van der Waals surface area contributed by atoms with Crippen LogP contribution in [0, 0.1) is 0 Å². The summed E-state index contributed by atoms with van der Waals surface area (Å²) >= 11 is 5.81. The van der Waals surface area contributed by atoms with Gasteiger partial charge in [-0.1, -0.05) is 11.6 Å². The molecule has 0 fully saturated rings. The van der Waals surface area contributed by atoms with Gasteiger partial charge in [0, 0.05) is 28.6 Å². The Morgan fingerprint density at radius 2 is 1.81 bits per heavy atom. The third-order valence-corrected chi connectivity index (χ3v) is 3.48. The van der Waals surface area contributed by atoms with Crippen LogP contribution < -0.4 is 10.6 Å². The van der Waals surface area contributed by atoms with Gasteiger partial charge in [0.25, 0.3) is 5.91 Å². The van der Waals surface area contributed by atoms with Crippen LogP contribution in [0.3, 0.4) is 0 Å². The van der Waals surface area contributed by atoms with E-state index in [-0.39, 0.29) is 11.4 Å². The predicted octanol–water partition coefficient (Wildman–Crippen LogP) is 3.05. The van der Waals surface area contributed by atoms with E-state index in [0.29, 0.717) is 16.3 Å². The number of methoxy groups -OCH3 is 1. The largest absolute Gasteiger partial charge is 0.465 e. The van der Waals surface area contributed by atoms with Gasteiger partial charge in [-0.15, -0.1) is 0 Å². The highest BCUT2D eigenvalue weighted by atomic mass is 35.5. The molecule has 8 heteroatoms. The second-order valence-corrected chi connectivity index (χ2v) is 5.64. The number of anilines is 2. The number of hydrogen-bond acceptors (Lipinski definition) is 5. The van der Waals surface area contributed by atoms with Crippen LogP contribution in [0.2, 0.25) is 5.02 Å². The molecule has 0 saturated heterocycles. The van der Waals surface area contributed by atoms with Gasteiger partial charge < -0.3 is 15.4 Å². The summed E-state index contributed by atoms with van der Waals surface area (Å²) in [5, 5.41) is 5.58. The van der Waals surface area contributed by atoms with Crippen LogP contribution in [0.4, 0.5) is 11.5 Å². The average molecular weight is 374 g/mol. The summed E-state index contributed by atoms with van der Waals surface area (Å²) in [5.74, 6) is -1.14. The second-order valence-electron chi connectivity index (χ2n) is 5.20. The van der Waals surface area contributed by atoms with Gasteiger partial charge in [-0.25, -0.2) is 9.78 Å². The summed E-state index contributed by atoms with van der Waals surface area (Å²) in [7, 11) is 1.29. The first-order valence-corrected chi connectivity index (χ1v) is 7.87. The number of rotatable bonds is 5. The normalized spacial score (nSPS) is 10.8. The summed E-state index contributed by atoms with van der Waals surface area (Å²) < 4.78 is 4.60. The Morgan fingerprint density at radius 3 is 2.42 bits per heavy atom. The molecule has 134 valence electrons. The first kappa shape index (κ1) is 19.1. The number of nitrogens with zero attached hydrogens (tertiary/aromatic N) is 1. The molecular weight excluding hydrogens is 358 g/mol. The molecule has 2 rings (SSSR count). The maximum absolute atomic E-state index is 12.1. The van der Waals surface area contributed by atoms with E-state index in [1.807, 2.05) is 0 Å². The first-order valence-electron chi connectivity index (χ1n) is 7.49. The van der Waals surface area contributed by atoms with Crippen LogP contribution in [-0.4, -0.2) is 29.9 Å². The molecule has 1 aromatic heterocycles. The molecule has 0 spiro atoms. The molecule has 26 heavy (non-hydrogen) atoms. The van der Waals surface area contributed by atoms with E-state index in [1.54, 1.807) is 18.2 Å². The molecular formula is C18H16ClN3O4. The topological polar surface area (TPSA) is 97.4 Å². The van der Waals surface area contributed by atoms with Crippen molar-refractivity contribution in [1.29, 1.82) is 0 Å². The van der Waals surface area contributed by atoms with Crippen molar-refractivity contribution in [2.45, 2.75) is 6.92 Å². The Labute approximate surface area is 155 Å². The smallest absolute Gasteiger partial charge is 0.337 e. The van der Waals surface area contributed by atoms with Crippen molar-refractivity contribution in [2.24, 2.45) is 0 Å². The van der Waals surface area contributed by atoms with Crippen LogP contribution in [0.15, 0.2) is 54.2 Å². The first-order chi connectivity index (χ1) is 12.4. The van der Waals surface area contributed by atoms with Gasteiger partial charge >= 0.3 is 5.97 Å². The number of hydrogen-bond donors (Lipinski definition) is 2. The minimum absolute atomic E-state index is 0.196. The zero-order valence-corrected chi connectivity index (χ0v) is 14.8. The summed E-state index contributed by atoms with van der Waals surface area (Å²) in [6.45, 7) is 1.50. The van der Waals surface area contributed by atoms with Crippen molar-refractivity contribution in [1.82, 2.24) is 4.98 Å². The number of carbonyl (C=O) groups excluding carboxylic acids is 3. The highest BCUT2D eigenvalue weighted by molar-refractivity contribution is 6.30. The van der Waals surface area contributed by atoms with Crippen molar-refractivity contribution in [3.8, 4) is 0 Å². The number of aromatic nitrogens is 1. The molecule has 0 aliphatic rings. The summed E-state index contributed by atoms with van der Waals surface area (Å²) in [5.41, 5.74) is 1.04. The lowest BCUT2D eigenvalue weighted by molar-refractivity contribution is -0.114. The predicted molar refractivity (Wildman–Crippen MR) is 98.0 cm³/mol. The number of carbonyl (C=O) groups is 3. The lowest BCUT2D eigenvalue weighted by Gasteiger charge is -2.07. The highest BCUT2D eigenvalue weighted by Crippen LogP contribution is 2.13. The number of amides is 2. The number of ether oxygens (including phenoxy) is 1. The molecule has 2 N–H and O–H groups in total. The third-order valence-electron chi connectivity index (χ3n) is 3.24. The molecule has 0 saturated carbocycles. The van der Waals surface area contributed by atoms with Gasteiger partial charge in [0.2, 0.25) is 5.91 Å². The minimum Gasteiger partial charge on any atom is -0.465 e. The second kappa shape index (κ2) is 8.77. The van der Waals surface area contributed by atoms with Gasteiger partial charge in [0.05, 0.1) is 12.7 Å². The molecule has 0 radical (unpaired) electrons. The summed E-state index contributed by atoms with van der Waals surface area (Å²) in [4.78, 5) is 39.4. The Morgan fingerprint density at radius 1 is 1.12 bits per heavy atom. The summed E-state index contributed by atoms with van der Waals surface area (Å²) in [6, 6.07) is 9.25. The zero-order valence-electron chi connectivity index (χ0n) is 14.1. The Balaban J connectivity index is 1.98. The van der Waals surface area contributed by atoms with Crippen molar-refractivity contribution < 1.29 is 19.1 Å². The van der Waals surface area contributed by atoms with Gasteiger partial charge in [0.1, 0.15) is 5.82 Å². The van der Waals surface area contributed by atoms with Crippen LogP contribution in [-0.2, 0) is 14.3 Å². The summed E-state index contributed by atoms with van der Waals surface area (Å²) in [6.07, 6.45) is 2.61. The molecule has 1 heterocycles. The van der Waals surface area contributed by atoms with Crippen LogP contribution in [0.5, 0.6) is 0 Å². The van der Waals surface area contributed by atoms with Crippen molar-refractivity contribution in [3.63, 3.8) is 0 Å². The number of pyridine rings is 1. The Hall–Kier alpha value is -3.19. The van der Waals surface area contributed by atoms with Gasteiger partial charge in [-0.05, 0) is 43.3 Å². The number of nitrogens with one attached hydrogen (secondary N) is 2. The van der Waals surface area contributed by atoms with Gasteiger partial charge in [-0.2, -0.15) is 0 Å². The fourth-order valence-corrected chi connectivity index (χ4v) is 2.09. The van der Waals surface area contributed by atoms with E-state index < -0.39 is 17.8 Å². The van der Waals surface area contributed by atoms with E-state index in [9.17, 15) is 14.4 Å². The molecule has 0 bridgehead atoms. The van der Waals surface area contributed by atoms with E-state index in [1.165, 1.54) is 38.4 Å². The van der Waals surface area contributed by atoms with Crippen LogP contribution in [0.25, 0.3) is 0 Å². The Bertz CT molecular complexity index is 863. The molecule has 0 unspecified atom stereocenters. The molecule has 0 aliphatic carbocycles. The number of benzene rings is 1. The molecule has 1 aromatic carbocycles. The average Bonchev–Trinajstić information content (AvgIpc) is 2.61. The maximum atomic E-state index is 12.1. The van der Waals surface area contributed by atoms with E-state index in [4.69, 9.17) is 11.6 Å². The van der Waals surface area contributed by atoms with Gasteiger partial charge in [-0.3, -0.25) is 9.59 Å². The molecule has 2 amide bonds. The quantitative estimate of drug-likeness (QED) is 0.620. The zero-order chi connectivity index (χ0) is 19.1. The maximum Gasteiger partial charge on any atom is 0.337 e. The van der Waals surface area contributed by atoms with Crippen LogP contribution >= 0.6 is 11.6 Å². The minimum atomic E-state index is -0.506.